The predicted octanol–water partition coefficient (Wildman–Crippen LogP) is 13.8. The Morgan fingerprint density at radius 2 is 0.900 bits per heavy atom. The first-order chi connectivity index (χ1) is 28.8. The average Bonchev–Trinajstić information content (AvgIpc) is 3.96. The van der Waals surface area contributed by atoms with Crippen molar-refractivity contribution in [1.29, 1.82) is 0 Å². The van der Waals surface area contributed by atoms with E-state index in [9.17, 15) is 0 Å². The topological polar surface area (TPSA) is 0 Å². The molecule has 0 saturated carbocycles. The van der Waals surface area contributed by atoms with Crippen LogP contribution < -0.4 is 13.7 Å². The van der Waals surface area contributed by atoms with Crippen molar-refractivity contribution in [2.24, 2.45) is 10.8 Å². The number of hydrogen-bond acceptors (Lipinski definition) is 0. The predicted molar refractivity (Wildman–Crippen MR) is 261 cm³/mol. The van der Waals surface area contributed by atoms with Gasteiger partial charge in [-0.1, -0.05) is 0 Å². The van der Waals surface area contributed by atoms with E-state index in [1.54, 1.807) is 36.0 Å². The molecule has 0 aromatic heterocycles. The van der Waals surface area contributed by atoms with Gasteiger partial charge in [-0.3, -0.25) is 0 Å². The van der Waals surface area contributed by atoms with Gasteiger partial charge in [0.25, 0.3) is 0 Å². The summed E-state index contributed by atoms with van der Waals surface area (Å²) in [7, 11) is -0.658. The number of hydrogen-bond donors (Lipinski definition) is 0. The first kappa shape index (κ1) is 41.3. The zero-order valence-corrected chi connectivity index (χ0v) is 42.7. The molecule has 60 heavy (non-hydrogen) atoms. The molecule has 0 N–H and O–H groups in total. The van der Waals surface area contributed by atoms with Crippen LogP contribution in [0.4, 0.5) is 0 Å². The molecule has 2 aliphatic carbocycles. The number of allylic oxidation sites excluding steroid dienone is 2. The number of rotatable bonds is 9. The van der Waals surface area contributed by atoms with E-state index in [0.29, 0.717) is 19.2 Å². The molecule has 0 saturated heterocycles. The molecule has 0 nitrogen and oxygen atoms in total. The minimum atomic E-state index is -3.28. The second kappa shape index (κ2) is 16.0. The molecule has 0 bridgehead atoms. The number of benzene rings is 6. The van der Waals surface area contributed by atoms with Gasteiger partial charge in [0, 0.05) is 0 Å². The van der Waals surface area contributed by atoms with E-state index in [0.717, 1.165) is 12.8 Å². The van der Waals surface area contributed by atoms with E-state index in [1.165, 1.54) is 55.6 Å². The van der Waals surface area contributed by atoms with Gasteiger partial charge in [0.15, 0.2) is 0 Å². The molecule has 3 aliphatic rings. The van der Waals surface area contributed by atoms with Crippen LogP contribution in [0.1, 0.15) is 135 Å². The Labute approximate surface area is 371 Å². The molecule has 0 radical (unpaired) electrons. The number of fused-ring (bicyclic) bond motifs is 5. The maximum absolute atomic E-state index is 3.28. The van der Waals surface area contributed by atoms with E-state index in [-0.39, 0.29) is 10.8 Å². The summed E-state index contributed by atoms with van der Waals surface area (Å²) in [6.45, 7) is 24.5. The standard InChI is InChI=1S/2C23H27.C12H9Si.Hf/c2*1-6-16(2)19-11-7-8-12-20(19)21-13-9-10-17-14-18(15-22(17)21)23(3,4)5;1-3-7-11-9(5-1)10-6-2-4-8-12(10)13-11;/h2*7-16H,6H2,1-5H3;1-7H,13H2;. The van der Waals surface area contributed by atoms with Crippen LogP contribution in [-0.2, 0) is 21.4 Å². The van der Waals surface area contributed by atoms with Crippen molar-refractivity contribution < 1.29 is 21.4 Å². The minimum absolute atomic E-state index is 0.00949. The molecule has 1 aliphatic heterocycles. The Morgan fingerprint density at radius 3 is 1.38 bits per heavy atom. The van der Waals surface area contributed by atoms with Gasteiger partial charge < -0.3 is 0 Å². The van der Waals surface area contributed by atoms with E-state index in [2.05, 4.69) is 209 Å². The maximum atomic E-state index is 2.71. The van der Waals surface area contributed by atoms with E-state index >= 15 is 0 Å². The van der Waals surface area contributed by atoms with Gasteiger partial charge in [-0.25, -0.2) is 0 Å². The SMILES string of the molecule is CCC(C)c1ccccc1-c1cccc2c1C=C(C(C)(C)C)[CH]2[Hf]([c]1cccc2c1[SiH2]c1ccccc1-2)[CH]1C(C(C)(C)C)=Cc2c(-c3ccccc3C(C)CC)cccc21. The Morgan fingerprint density at radius 1 is 0.483 bits per heavy atom. The summed E-state index contributed by atoms with van der Waals surface area (Å²) in [4.78, 5) is 0. The molecule has 9 rings (SSSR count). The van der Waals surface area contributed by atoms with Crippen molar-refractivity contribution in [1.82, 2.24) is 0 Å². The molecule has 4 unspecified atom stereocenters. The van der Waals surface area contributed by atoms with Gasteiger partial charge in [0.05, 0.1) is 0 Å². The normalized spacial score (nSPS) is 18.0. The Bertz CT molecular complexity index is 2540. The van der Waals surface area contributed by atoms with Crippen LogP contribution >= 0.6 is 0 Å². The summed E-state index contributed by atoms with van der Waals surface area (Å²) in [5.41, 5.74) is 21.1. The van der Waals surface area contributed by atoms with Gasteiger partial charge in [0.2, 0.25) is 0 Å². The first-order valence-corrected chi connectivity index (χ1v) is 30.1. The third-order valence-electron chi connectivity index (χ3n) is 14.4. The van der Waals surface area contributed by atoms with Crippen LogP contribution in [0.25, 0.3) is 45.5 Å². The second-order valence-electron chi connectivity index (χ2n) is 20.1. The van der Waals surface area contributed by atoms with Gasteiger partial charge in [-0.2, -0.15) is 0 Å². The zero-order chi connectivity index (χ0) is 42.1. The molecule has 4 atom stereocenters. The van der Waals surface area contributed by atoms with Gasteiger partial charge in [-0.05, 0) is 0 Å². The third kappa shape index (κ3) is 6.99. The molecule has 2 heteroatoms. The summed E-state index contributed by atoms with van der Waals surface area (Å²) < 4.78 is 2.63. The molecule has 6 aromatic rings. The van der Waals surface area contributed by atoms with Crippen molar-refractivity contribution in [3.8, 4) is 33.4 Å². The first-order valence-electron chi connectivity index (χ1n) is 22.8. The van der Waals surface area contributed by atoms with Crippen LogP contribution in [0.5, 0.6) is 0 Å². The molecule has 1 heterocycles. The fourth-order valence-corrected chi connectivity index (χ4v) is 32.0. The molecule has 0 spiro atoms. The Balaban J connectivity index is 1.34. The fourth-order valence-electron chi connectivity index (χ4n) is 10.9. The summed E-state index contributed by atoms with van der Waals surface area (Å²) in [5, 5.41) is 3.37. The monoisotopic (exact) mass is 967 g/mol. The van der Waals surface area contributed by atoms with Gasteiger partial charge in [-0.15, -0.1) is 0 Å². The zero-order valence-electron chi connectivity index (χ0n) is 37.7. The van der Waals surface area contributed by atoms with Gasteiger partial charge in [0.1, 0.15) is 0 Å². The van der Waals surface area contributed by atoms with Crippen molar-refractivity contribution in [3.05, 3.63) is 172 Å². The molecule has 303 valence electrons. The van der Waals surface area contributed by atoms with Crippen LogP contribution in [-0.4, -0.2) is 9.52 Å². The third-order valence-corrected chi connectivity index (χ3v) is 30.7. The molecular formula is C58H63HfSi. The molecular weight excluding hydrogens is 903 g/mol. The van der Waals surface area contributed by atoms with Crippen LogP contribution in [0, 0.1) is 10.8 Å². The van der Waals surface area contributed by atoms with Crippen molar-refractivity contribution >= 4 is 35.4 Å². The van der Waals surface area contributed by atoms with Crippen LogP contribution in [0.15, 0.2) is 139 Å². The molecule has 0 amide bonds. The Hall–Kier alpha value is -4.11. The van der Waals surface area contributed by atoms with E-state index in [4.69, 9.17) is 0 Å². The average molecular weight is 967 g/mol. The van der Waals surface area contributed by atoms with Crippen molar-refractivity contribution in [3.63, 3.8) is 0 Å². The van der Waals surface area contributed by atoms with Crippen molar-refractivity contribution in [2.75, 3.05) is 0 Å². The van der Waals surface area contributed by atoms with Crippen molar-refractivity contribution in [2.45, 2.75) is 101 Å². The summed E-state index contributed by atoms with van der Waals surface area (Å²) in [6.07, 6.45) is 7.68. The van der Waals surface area contributed by atoms with Crippen LogP contribution in [0.2, 0.25) is 0 Å². The van der Waals surface area contributed by atoms with E-state index in [1.807, 2.05) is 0 Å². The quantitative estimate of drug-likeness (QED) is 0.127. The molecule has 0 fully saturated rings. The summed E-state index contributed by atoms with van der Waals surface area (Å²) >= 11 is -3.28. The Kier molecular flexibility index (Phi) is 11.0. The fraction of sp³-hybridized carbons (Fsp3) is 0.310. The van der Waals surface area contributed by atoms with Crippen LogP contribution in [0.3, 0.4) is 0 Å². The van der Waals surface area contributed by atoms with E-state index < -0.39 is 31.0 Å². The summed E-state index contributed by atoms with van der Waals surface area (Å²) in [5.74, 6) is 1.00. The molecule has 6 aromatic carbocycles. The van der Waals surface area contributed by atoms with Gasteiger partial charge >= 0.3 is 374 Å². The second-order valence-corrected chi connectivity index (χ2v) is 31.3. The summed E-state index contributed by atoms with van der Waals surface area (Å²) in [6, 6.07) is 50.3.